The van der Waals surface area contributed by atoms with Gasteiger partial charge in [0.05, 0.1) is 41.3 Å². The molecule has 0 radical (unpaired) electrons. The molecule has 1 aliphatic carbocycles. The summed E-state index contributed by atoms with van der Waals surface area (Å²) < 4.78 is 6.23. The van der Waals surface area contributed by atoms with Crippen molar-refractivity contribution in [3.05, 3.63) is 59.7 Å². The highest BCUT2D eigenvalue weighted by atomic mass is 16.5. The molecule has 3 N–H and O–H groups in total. The molecular formula is C39H43N9O6. The van der Waals surface area contributed by atoms with Crippen LogP contribution in [0.4, 0.5) is 17.2 Å². The average Bonchev–Trinajstić information content (AvgIpc) is 3.49. The minimum atomic E-state index is -0.974. The van der Waals surface area contributed by atoms with E-state index in [9.17, 15) is 24.3 Å². The Hall–Kier alpha value is -5.12. The highest BCUT2D eigenvalue weighted by Crippen LogP contribution is 2.52. The number of ether oxygens (including phenoxy) is 1. The number of imide groups is 2. The number of piperidine rings is 2. The summed E-state index contributed by atoms with van der Waals surface area (Å²) in [5.74, 6) is 1.20. The van der Waals surface area contributed by atoms with E-state index in [0.29, 0.717) is 48.1 Å². The van der Waals surface area contributed by atoms with Crippen LogP contribution in [0.2, 0.25) is 0 Å². The quantitative estimate of drug-likeness (QED) is 0.298. The number of phenols is 1. The highest BCUT2D eigenvalue weighted by Gasteiger charge is 2.56. The van der Waals surface area contributed by atoms with Gasteiger partial charge in [0, 0.05) is 83.1 Å². The van der Waals surface area contributed by atoms with Crippen LogP contribution in [0.15, 0.2) is 48.5 Å². The molecule has 3 aromatic rings. The van der Waals surface area contributed by atoms with Gasteiger partial charge in [-0.15, -0.1) is 10.2 Å². The van der Waals surface area contributed by atoms with Crippen molar-refractivity contribution in [3.8, 4) is 17.0 Å². The van der Waals surface area contributed by atoms with Crippen LogP contribution >= 0.6 is 0 Å². The first-order valence-electron chi connectivity index (χ1n) is 19.1. The van der Waals surface area contributed by atoms with E-state index < -0.39 is 23.8 Å². The van der Waals surface area contributed by atoms with Crippen molar-refractivity contribution in [3.63, 3.8) is 0 Å². The van der Waals surface area contributed by atoms with E-state index in [1.807, 2.05) is 24.3 Å². The Morgan fingerprint density at radius 1 is 0.833 bits per heavy atom. The number of morpholine rings is 1. The SMILES string of the molecule is O=C1CCC(N2C(=O)c3ccc(N4CCO[C@H](CN5C[C@@H]6C(CN7CCN8c9cc(-c%10ccccc%10O)nnc9NC[C@H]8C7)[C@@H]6C5)C4)cc3C2=O)C(=O)N1. The van der Waals surface area contributed by atoms with Gasteiger partial charge in [0.2, 0.25) is 11.8 Å². The Bertz CT molecular complexity index is 2050. The number of rotatable bonds is 7. The largest absolute Gasteiger partial charge is 0.507 e. The number of carbonyl (C=O) groups is 4. The molecule has 4 amide bonds. The minimum Gasteiger partial charge on any atom is -0.507 e. The number of fused-ring (bicyclic) bond motifs is 5. The molecule has 5 fully saturated rings. The monoisotopic (exact) mass is 733 g/mol. The topological polar surface area (TPSA) is 164 Å². The normalized spacial score (nSPS) is 29.4. The van der Waals surface area contributed by atoms with Crippen LogP contribution in [0, 0.1) is 17.8 Å². The van der Waals surface area contributed by atoms with Crippen molar-refractivity contribution < 1.29 is 29.0 Å². The summed E-state index contributed by atoms with van der Waals surface area (Å²) in [7, 11) is 0. The number of hydrogen-bond donors (Lipinski definition) is 3. The zero-order chi connectivity index (χ0) is 36.7. The van der Waals surface area contributed by atoms with Crippen molar-refractivity contribution in [2.24, 2.45) is 17.8 Å². The summed E-state index contributed by atoms with van der Waals surface area (Å²) >= 11 is 0. The number of phenolic OH excluding ortho intramolecular Hbond substituents is 1. The van der Waals surface area contributed by atoms with Gasteiger partial charge in [-0.05, 0) is 60.6 Å². The van der Waals surface area contributed by atoms with E-state index in [2.05, 4.69) is 46.5 Å². The van der Waals surface area contributed by atoms with Crippen molar-refractivity contribution in [2.45, 2.75) is 31.0 Å². The van der Waals surface area contributed by atoms with E-state index in [1.165, 1.54) is 0 Å². The Morgan fingerprint density at radius 2 is 1.67 bits per heavy atom. The zero-order valence-corrected chi connectivity index (χ0v) is 29.9. The van der Waals surface area contributed by atoms with Gasteiger partial charge in [-0.25, -0.2) is 0 Å². The second kappa shape index (κ2) is 13.0. The van der Waals surface area contributed by atoms with Crippen LogP contribution in [0.1, 0.15) is 33.6 Å². The van der Waals surface area contributed by atoms with Crippen LogP contribution in [-0.4, -0.2) is 144 Å². The second-order valence-electron chi connectivity index (χ2n) is 15.8. The molecule has 15 nitrogen and oxygen atoms in total. The highest BCUT2D eigenvalue weighted by molar-refractivity contribution is 6.23. The number of carbonyl (C=O) groups excluding carboxylic acids is 4. The Labute approximate surface area is 312 Å². The van der Waals surface area contributed by atoms with Gasteiger partial charge in [-0.3, -0.25) is 34.3 Å². The number of anilines is 3. The molecule has 4 saturated heterocycles. The van der Waals surface area contributed by atoms with Gasteiger partial charge in [-0.1, -0.05) is 12.1 Å². The summed E-state index contributed by atoms with van der Waals surface area (Å²) in [4.78, 5) is 61.6. The molecule has 2 unspecified atom stereocenters. The summed E-state index contributed by atoms with van der Waals surface area (Å²) in [6.45, 7) is 9.90. The molecule has 2 aromatic carbocycles. The molecule has 1 aromatic heterocycles. The van der Waals surface area contributed by atoms with E-state index in [1.54, 1.807) is 18.2 Å². The fourth-order valence-corrected chi connectivity index (χ4v) is 9.80. The number of likely N-dealkylation sites (tertiary alicyclic amines) is 1. The third-order valence-corrected chi connectivity index (χ3v) is 12.6. The molecule has 54 heavy (non-hydrogen) atoms. The Balaban J connectivity index is 0.716. The van der Waals surface area contributed by atoms with Crippen molar-refractivity contribution in [1.82, 2.24) is 30.2 Å². The zero-order valence-electron chi connectivity index (χ0n) is 29.9. The van der Waals surface area contributed by atoms with E-state index in [-0.39, 0.29) is 30.6 Å². The average molecular weight is 734 g/mol. The Kier molecular flexibility index (Phi) is 8.07. The number of hydrogen-bond acceptors (Lipinski definition) is 13. The first-order valence-corrected chi connectivity index (χ1v) is 19.1. The van der Waals surface area contributed by atoms with Gasteiger partial charge < -0.3 is 29.9 Å². The predicted molar refractivity (Wildman–Crippen MR) is 197 cm³/mol. The molecule has 7 heterocycles. The molecule has 10 rings (SSSR count). The lowest BCUT2D eigenvalue weighted by Crippen LogP contribution is -2.58. The maximum Gasteiger partial charge on any atom is 0.262 e. The van der Waals surface area contributed by atoms with E-state index in [0.717, 1.165) is 92.2 Å². The number of para-hydroxylation sites is 1. The summed E-state index contributed by atoms with van der Waals surface area (Å²) in [5, 5.41) is 25.0. The van der Waals surface area contributed by atoms with Crippen LogP contribution in [0.5, 0.6) is 5.75 Å². The molecule has 0 spiro atoms. The molecule has 15 heteroatoms. The molecule has 6 atom stereocenters. The van der Waals surface area contributed by atoms with Crippen LogP contribution in [-0.2, 0) is 14.3 Å². The van der Waals surface area contributed by atoms with Crippen LogP contribution in [0.3, 0.4) is 0 Å². The smallest absolute Gasteiger partial charge is 0.262 e. The lowest BCUT2D eigenvalue weighted by Gasteiger charge is -2.46. The summed E-state index contributed by atoms with van der Waals surface area (Å²) in [6.07, 6.45) is 0.265. The van der Waals surface area contributed by atoms with Gasteiger partial charge in [0.1, 0.15) is 11.8 Å². The van der Waals surface area contributed by atoms with Gasteiger partial charge in [0.25, 0.3) is 11.8 Å². The fourth-order valence-electron chi connectivity index (χ4n) is 9.80. The maximum absolute atomic E-state index is 13.4. The lowest BCUT2D eigenvalue weighted by molar-refractivity contribution is -0.136. The van der Waals surface area contributed by atoms with Gasteiger partial charge >= 0.3 is 0 Å². The summed E-state index contributed by atoms with van der Waals surface area (Å²) in [5.41, 5.74) is 3.87. The molecular weight excluding hydrogens is 690 g/mol. The number of aromatic hydroxyl groups is 1. The maximum atomic E-state index is 13.4. The molecule has 6 aliphatic heterocycles. The number of aromatic nitrogens is 2. The summed E-state index contributed by atoms with van der Waals surface area (Å²) in [6, 6.07) is 14.0. The van der Waals surface area contributed by atoms with E-state index >= 15 is 0 Å². The number of nitrogens with one attached hydrogen (secondary N) is 2. The predicted octanol–water partition coefficient (Wildman–Crippen LogP) is 1.25. The van der Waals surface area contributed by atoms with Gasteiger partial charge in [-0.2, -0.15) is 0 Å². The molecule has 1 saturated carbocycles. The fraction of sp³-hybridized carbons (Fsp3) is 0.487. The number of amides is 4. The minimum absolute atomic E-state index is 0.0334. The van der Waals surface area contributed by atoms with Crippen molar-refractivity contribution >= 4 is 40.8 Å². The first-order chi connectivity index (χ1) is 26.3. The van der Waals surface area contributed by atoms with Crippen molar-refractivity contribution in [1.29, 1.82) is 0 Å². The van der Waals surface area contributed by atoms with Crippen molar-refractivity contribution in [2.75, 3.05) is 87.2 Å². The number of nitrogens with zero attached hydrogens (tertiary/aromatic N) is 7. The molecule has 0 bridgehead atoms. The second-order valence-corrected chi connectivity index (χ2v) is 15.8. The van der Waals surface area contributed by atoms with E-state index in [4.69, 9.17) is 4.74 Å². The van der Waals surface area contributed by atoms with Gasteiger partial charge in [0.15, 0.2) is 5.82 Å². The standard InChI is InChI=1S/C39H43N9O6/c49-34-4-2-1-3-26(34)31-14-33-36(43-42-31)40-15-23-16-44(9-10-47(23)33)19-28-29-20-45(21-30(28)29)17-24-18-46(11-12-54-24)22-5-6-25-27(13-22)39(53)48(38(25)52)32-7-8-35(50)41-37(32)51/h1-6,13-14,23-24,28-30,32,49H,7-12,15-21H2,(H,40,43)(H,41,50,51)/t23-,24+,28?,29-,30+,32?/m0/s1. The third-order valence-electron chi connectivity index (χ3n) is 12.6. The first kappa shape index (κ1) is 33.4. The Morgan fingerprint density at radius 3 is 2.50 bits per heavy atom. The number of piperazine rings is 1. The molecule has 7 aliphatic rings. The van der Waals surface area contributed by atoms with Crippen LogP contribution in [0.25, 0.3) is 11.3 Å². The number of benzene rings is 2. The lowest BCUT2D eigenvalue weighted by atomic mass is 10.0. The molecule has 280 valence electrons. The third kappa shape index (κ3) is 5.76. The van der Waals surface area contributed by atoms with Crippen LogP contribution < -0.4 is 20.4 Å².